The van der Waals surface area contributed by atoms with Crippen LogP contribution in [0.2, 0.25) is 0 Å². The average molecular weight is 359 g/mol. The van der Waals surface area contributed by atoms with Crippen molar-refractivity contribution in [1.82, 2.24) is 10.2 Å². The van der Waals surface area contributed by atoms with E-state index in [4.69, 9.17) is 4.74 Å². The fourth-order valence-electron chi connectivity index (χ4n) is 2.60. The predicted molar refractivity (Wildman–Crippen MR) is 93.5 cm³/mol. The standard InChI is InChI=1S/C17H17N3O4S/c1-17(11-7-8-25-10-11)15(22)20(16(23)19-17)9-14(21)18-12-3-5-13(24-2)6-4-12/h3-8,10H,9H2,1-2H3,(H,18,21)(H,19,23). The molecule has 0 bridgehead atoms. The molecule has 0 radical (unpaired) electrons. The summed E-state index contributed by atoms with van der Waals surface area (Å²) in [5, 5.41) is 8.96. The van der Waals surface area contributed by atoms with Crippen LogP contribution in [0.25, 0.3) is 0 Å². The van der Waals surface area contributed by atoms with Gasteiger partial charge in [-0.3, -0.25) is 14.5 Å². The zero-order chi connectivity index (χ0) is 18.0. The summed E-state index contributed by atoms with van der Waals surface area (Å²) in [6.45, 7) is 1.28. The predicted octanol–water partition coefficient (Wildman–Crippen LogP) is 2.16. The van der Waals surface area contributed by atoms with Crippen LogP contribution in [0.5, 0.6) is 5.75 Å². The Kier molecular flexibility index (Phi) is 4.45. The van der Waals surface area contributed by atoms with Gasteiger partial charge >= 0.3 is 6.03 Å². The van der Waals surface area contributed by atoms with E-state index >= 15 is 0 Å². The molecule has 3 rings (SSSR count). The van der Waals surface area contributed by atoms with Crippen LogP contribution in [0.4, 0.5) is 10.5 Å². The van der Waals surface area contributed by atoms with Crippen LogP contribution in [-0.2, 0) is 15.1 Å². The topological polar surface area (TPSA) is 87.7 Å². The molecule has 2 N–H and O–H groups in total. The van der Waals surface area contributed by atoms with Crippen LogP contribution >= 0.6 is 11.3 Å². The minimum Gasteiger partial charge on any atom is -0.497 e. The van der Waals surface area contributed by atoms with Crippen molar-refractivity contribution in [2.75, 3.05) is 19.0 Å². The van der Waals surface area contributed by atoms with E-state index in [1.54, 1.807) is 49.7 Å². The number of rotatable bonds is 5. The number of nitrogens with zero attached hydrogens (tertiary/aromatic N) is 1. The summed E-state index contributed by atoms with van der Waals surface area (Å²) >= 11 is 1.44. The molecule has 25 heavy (non-hydrogen) atoms. The molecule has 2 heterocycles. The maximum absolute atomic E-state index is 12.7. The number of thiophene rings is 1. The summed E-state index contributed by atoms with van der Waals surface area (Å²) in [4.78, 5) is 38.0. The molecular weight excluding hydrogens is 342 g/mol. The summed E-state index contributed by atoms with van der Waals surface area (Å²) in [5.41, 5.74) is 0.115. The molecule has 1 unspecified atom stereocenters. The van der Waals surface area contributed by atoms with Crippen molar-refractivity contribution < 1.29 is 19.1 Å². The number of ether oxygens (including phenoxy) is 1. The van der Waals surface area contributed by atoms with Crippen LogP contribution in [0, 0.1) is 0 Å². The molecular formula is C17H17N3O4S. The van der Waals surface area contributed by atoms with Gasteiger partial charge in [0.05, 0.1) is 7.11 Å². The summed E-state index contributed by atoms with van der Waals surface area (Å²) in [7, 11) is 1.55. The Balaban J connectivity index is 1.68. The summed E-state index contributed by atoms with van der Waals surface area (Å²) in [6.07, 6.45) is 0. The number of hydrogen-bond donors (Lipinski definition) is 2. The lowest BCUT2D eigenvalue weighted by molar-refractivity contribution is -0.133. The van der Waals surface area contributed by atoms with Crippen molar-refractivity contribution in [2.24, 2.45) is 0 Å². The van der Waals surface area contributed by atoms with Gasteiger partial charge in [-0.25, -0.2) is 4.79 Å². The van der Waals surface area contributed by atoms with E-state index in [0.717, 1.165) is 4.90 Å². The van der Waals surface area contributed by atoms with Gasteiger partial charge in [0.25, 0.3) is 5.91 Å². The first-order valence-electron chi connectivity index (χ1n) is 7.55. The number of methoxy groups -OCH3 is 1. The van der Waals surface area contributed by atoms with Crippen molar-refractivity contribution in [3.63, 3.8) is 0 Å². The van der Waals surface area contributed by atoms with Crippen LogP contribution in [0.3, 0.4) is 0 Å². The monoisotopic (exact) mass is 359 g/mol. The highest BCUT2D eigenvalue weighted by Crippen LogP contribution is 2.30. The van der Waals surface area contributed by atoms with Crippen molar-refractivity contribution in [3.8, 4) is 5.75 Å². The van der Waals surface area contributed by atoms with Crippen LogP contribution in [-0.4, -0.2) is 36.4 Å². The Hall–Kier alpha value is -2.87. The molecule has 2 aromatic rings. The molecule has 0 spiro atoms. The lowest BCUT2D eigenvalue weighted by atomic mass is 9.95. The number of benzene rings is 1. The molecule has 0 aliphatic carbocycles. The number of amides is 4. The third kappa shape index (κ3) is 3.20. The van der Waals surface area contributed by atoms with Gasteiger partial charge in [0.15, 0.2) is 0 Å². The molecule has 130 valence electrons. The molecule has 0 saturated carbocycles. The summed E-state index contributed by atoms with van der Waals surface area (Å²) in [5.74, 6) is -0.234. The molecule has 1 aromatic heterocycles. The van der Waals surface area contributed by atoms with E-state index in [0.29, 0.717) is 17.0 Å². The van der Waals surface area contributed by atoms with Gasteiger partial charge in [-0.05, 0) is 53.6 Å². The number of carbonyl (C=O) groups excluding carboxylic acids is 3. The van der Waals surface area contributed by atoms with Gasteiger partial charge in [-0.2, -0.15) is 11.3 Å². The van der Waals surface area contributed by atoms with E-state index < -0.39 is 23.4 Å². The van der Waals surface area contributed by atoms with Crippen LogP contribution in [0.15, 0.2) is 41.1 Å². The molecule has 1 aliphatic rings. The minimum atomic E-state index is -1.14. The first-order valence-corrected chi connectivity index (χ1v) is 8.49. The van der Waals surface area contributed by atoms with Gasteiger partial charge < -0.3 is 15.4 Å². The zero-order valence-electron chi connectivity index (χ0n) is 13.7. The Morgan fingerprint density at radius 3 is 2.60 bits per heavy atom. The zero-order valence-corrected chi connectivity index (χ0v) is 14.6. The minimum absolute atomic E-state index is 0.351. The second-order valence-corrected chi connectivity index (χ2v) is 6.52. The van der Waals surface area contributed by atoms with E-state index in [2.05, 4.69) is 10.6 Å². The average Bonchev–Trinajstić information content (AvgIpc) is 3.20. The van der Waals surface area contributed by atoms with Gasteiger partial charge in [0.2, 0.25) is 5.91 Å². The number of anilines is 1. The van der Waals surface area contributed by atoms with Crippen LogP contribution < -0.4 is 15.4 Å². The van der Waals surface area contributed by atoms with Gasteiger partial charge in [-0.15, -0.1) is 0 Å². The number of nitrogens with one attached hydrogen (secondary N) is 2. The van der Waals surface area contributed by atoms with Gasteiger partial charge in [-0.1, -0.05) is 0 Å². The number of urea groups is 1. The first-order chi connectivity index (χ1) is 11.9. The van der Waals surface area contributed by atoms with Crippen LogP contribution in [0.1, 0.15) is 12.5 Å². The van der Waals surface area contributed by atoms with E-state index in [9.17, 15) is 14.4 Å². The summed E-state index contributed by atoms with van der Waals surface area (Å²) in [6, 6.07) is 7.97. The van der Waals surface area contributed by atoms with E-state index in [-0.39, 0.29) is 6.54 Å². The Morgan fingerprint density at radius 2 is 2.00 bits per heavy atom. The van der Waals surface area contributed by atoms with E-state index in [1.807, 2.05) is 5.38 Å². The molecule has 1 atom stereocenters. The fraction of sp³-hybridized carbons (Fsp3) is 0.235. The molecule has 7 nitrogen and oxygen atoms in total. The van der Waals surface area contributed by atoms with Gasteiger partial charge in [0.1, 0.15) is 17.8 Å². The Labute approximate surface area is 148 Å². The highest BCUT2D eigenvalue weighted by Gasteiger charge is 2.49. The van der Waals surface area contributed by atoms with E-state index in [1.165, 1.54) is 11.3 Å². The number of imide groups is 1. The maximum Gasteiger partial charge on any atom is 0.325 e. The molecule has 1 aromatic carbocycles. The molecule has 1 fully saturated rings. The highest BCUT2D eigenvalue weighted by atomic mass is 32.1. The Morgan fingerprint density at radius 1 is 1.28 bits per heavy atom. The normalized spacial score (nSPS) is 19.7. The van der Waals surface area contributed by atoms with Crippen molar-refractivity contribution in [3.05, 3.63) is 46.7 Å². The highest BCUT2D eigenvalue weighted by molar-refractivity contribution is 7.08. The second kappa shape index (κ2) is 6.56. The van der Waals surface area contributed by atoms with Gasteiger partial charge in [0, 0.05) is 5.69 Å². The largest absolute Gasteiger partial charge is 0.497 e. The molecule has 1 aliphatic heterocycles. The third-order valence-electron chi connectivity index (χ3n) is 4.05. The molecule has 1 saturated heterocycles. The van der Waals surface area contributed by atoms with Crippen molar-refractivity contribution in [1.29, 1.82) is 0 Å². The van der Waals surface area contributed by atoms with Crippen molar-refractivity contribution >= 4 is 34.9 Å². The molecule has 8 heteroatoms. The summed E-state index contributed by atoms with van der Waals surface area (Å²) < 4.78 is 5.05. The fourth-order valence-corrected chi connectivity index (χ4v) is 3.37. The SMILES string of the molecule is COc1ccc(NC(=O)CN2C(=O)NC(C)(c3ccsc3)C2=O)cc1. The quantitative estimate of drug-likeness (QED) is 0.801. The number of carbonyl (C=O) groups is 3. The Bertz CT molecular complexity index is 804. The smallest absolute Gasteiger partial charge is 0.325 e. The second-order valence-electron chi connectivity index (χ2n) is 5.74. The van der Waals surface area contributed by atoms with Crippen molar-refractivity contribution in [2.45, 2.75) is 12.5 Å². The third-order valence-corrected chi connectivity index (χ3v) is 4.73. The lowest BCUT2D eigenvalue weighted by Crippen LogP contribution is -2.41. The molecule has 4 amide bonds. The number of hydrogen-bond acceptors (Lipinski definition) is 5. The maximum atomic E-state index is 12.7. The lowest BCUT2D eigenvalue weighted by Gasteiger charge is -2.20. The first kappa shape index (κ1) is 17.0.